The molecule has 1 aliphatic rings. The van der Waals surface area contributed by atoms with Crippen LogP contribution in [0.4, 0.5) is 5.69 Å². The summed E-state index contributed by atoms with van der Waals surface area (Å²) in [7, 11) is 0. The van der Waals surface area contributed by atoms with Crippen molar-refractivity contribution in [2.24, 2.45) is 0 Å². The molecule has 1 saturated heterocycles. The second-order valence-electron chi connectivity index (χ2n) is 4.73. The predicted octanol–water partition coefficient (Wildman–Crippen LogP) is 2.02. The molecule has 0 aromatic heterocycles. The van der Waals surface area contributed by atoms with Gasteiger partial charge in [-0.25, -0.2) is 0 Å². The highest BCUT2D eigenvalue weighted by molar-refractivity contribution is 5.96. The number of ketones is 1. The summed E-state index contributed by atoms with van der Waals surface area (Å²) in [6, 6.07) is 7.73. The van der Waals surface area contributed by atoms with E-state index in [9.17, 15) is 4.79 Å². The number of anilines is 1. The van der Waals surface area contributed by atoms with Gasteiger partial charge in [0, 0.05) is 43.9 Å². The van der Waals surface area contributed by atoms with E-state index >= 15 is 0 Å². The van der Waals surface area contributed by atoms with Crippen molar-refractivity contribution in [1.29, 1.82) is 0 Å². The zero-order valence-electron chi connectivity index (χ0n) is 11.5. The van der Waals surface area contributed by atoms with Gasteiger partial charge in [-0.2, -0.15) is 0 Å². The standard InChI is InChI=1S/C15H22N2O2/c1-2-15(18)13-3-5-14(6-4-13)16-7-8-17-9-11-19-12-10-17/h3-6,16H,2,7-12H2,1H3. The van der Waals surface area contributed by atoms with Gasteiger partial charge in [0.05, 0.1) is 13.2 Å². The maximum absolute atomic E-state index is 11.5. The second-order valence-corrected chi connectivity index (χ2v) is 4.73. The Morgan fingerprint density at radius 3 is 2.58 bits per heavy atom. The highest BCUT2D eigenvalue weighted by Gasteiger charge is 2.09. The highest BCUT2D eigenvalue weighted by atomic mass is 16.5. The topological polar surface area (TPSA) is 41.6 Å². The van der Waals surface area contributed by atoms with Crippen molar-refractivity contribution >= 4 is 11.5 Å². The van der Waals surface area contributed by atoms with Crippen molar-refractivity contribution in [1.82, 2.24) is 4.90 Å². The molecule has 1 heterocycles. The minimum Gasteiger partial charge on any atom is -0.384 e. The van der Waals surface area contributed by atoms with Crippen LogP contribution >= 0.6 is 0 Å². The molecule has 0 atom stereocenters. The fraction of sp³-hybridized carbons (Fsp3) is 0.533. The summed E-state index contributed by atoms with van der Waals surface area (Å²) < 4.78 is 5.32. The normalized spacial score (nSPS) is 16.3. The minimum atomic E-state index is 0.194. The number of benzene rings is 1. The summed E-state index contributed by atoms with van der Waals surface area (Å²) in [5.41, 5.74) is 1.86. The van der Waals surface area contributed by atoms with E-state index in [1.807, 2.05) is 31.2 Å². The SMILES string of the molecule is CCC(=O)c1ccc(NCCN2CCOCC2)cc1. The lowest BCUT2D eigenvalue weighted by Gasteiger charge is -2.26. The van der Waals surface area contributed by atoms with Gasteiger partial charge in [-0.3, -0.25) is 9.69 Å². The van der Waals surface area contributed by atoms with Crippen LogP contribution in [0.25, 0.3) is 0 Å². The van der Waals surface area contributed by atoms with Crippen LogP contribution in [0.15, 0.2) is 24.3 Å². The Labute approximate surface area is 114 Å². The van der Waals surface area contributed by atoms with Gasteiger partial charge in [0.15, 0.2) is 5.78 Å². The third-order valence-corrected chi connectivity index (χ3v) is 3.39. The Kier molecular flexibility index (Phi) is 5.36. The average molecular weight is 262 g/mol. The zero-order valence-corrected chi connectivity index (χ0v) is 11.5. The molecule has 0 unspecified atom stereocenters. The molecule has 2 rings (SSSR count). The summed E-state index contributed by atoms with van der Waals surface area (Å²) in [6.45, 7) is 7.55. The van der Waals surface area contributed by atoms with E-state index in [0.29, 0.717) is 6.42 Å². The van der Waals surface area contributed by atoms with Crippen LogP contribution < -0.4 is 5.32 Å². The first-order valence-corrected chi connectivity index (χ1v) is 6.97. The van der Waals surface area contributed by atoms with E-state index in [4.69, 9.17) is 4.74 Å². The van der Waals surface area contributed by atoms with E-state index in [1.165, 1.54) is 0 Å². The van der Waals surface area contributed by atoms with Gasteiger partial charge in [-0.15, -0.1) is 0 Å². The second kappa shape index (κ2) is 7.26. The van der Waals surface area contributed by atoms with Gasteiger partial charge < -0.3 is 10.1 Å². The van der Waals surface area contributed by atoms with Crippen LogP contribution in [0.3, 0.4) is 0 Å². The molecular formula is C15H22N2O2. The molecule has 0 spiro atoms. The van der Waals surface area contributed by atoms with Gasteiger partial charge in [0.1, 0.15) is 0 Å². The third kappa shape index (κ3) is 4.33. The number of rotatable bonds is 6. The molecule has 0 bridgehead atoms. The first-order chi connectivity index (χ1) is 9.29. The molecule has 1 aliphatic heterocycles. The van der Waals surface area contributed by atoms with Gasteiger partial charge in [-0.05, 0) is 24.3 Å². The Bertz CT molecular complexity index is 397. The van der Waals surface area contributed by atoms with Gasteiger partial charge in [0.2, 0.25) is 0 Å². The fourth-order valence-electron chi connectivity index (χ4n) is 2.16. The molecule has 1 aromatic carbocycles. The molecule has 1 N–H and O–H groups in total. The van der Waals surface area contributed by atoms with Crippen LogP contribution in [-0.2, 0) is 4.74 Å². The van der Waals surface area contributed by atoms with Crippen LogP contribution in [0.5, 0.6) is 0 Å². The maximum atomic E-state index is 11.5. The third-order valence-electron chi connectivity index (χ3n) is 3.39. The number of hydrogen-bond acceptors (Lipinski definition) is 4. The number of carbonyl (C=O) groups excluding carboxylic acids is 1. The Morgan fingerprint density at radius 2 is 1.95 bits per heavy atom. The van der Waals surface area contributed by atoms with Crippen LogP contribution in [0, 0.1) is 0 Å². The number of carbonyl (C=O) groups is 1. The van der Waals surface area contributed by atoms with Crippen LogP contribution in [0.2, 0.25) is 0 Å². The summed E-state index contributed by atoms with van der Waals surface area (Å²) >= 11 is 0. The summed E-state index contributed by atoms with van der Waals surface area (Å²) in [4.78, 5) is 13.9. The summed E-state index contributed by atoms with van der Waals surface area (Å²) in [6.07, 6.45) is 0.559. The molecule has 104 valence electrons. The van der Waals surface area contributed by atoms with Gasteiger partial charge >= 0.3 is 0 Å². The van der Waals surface area contributed by atoms with E-state index < -0.39 is 0 Å². The van der Waals surface area contributed by atoms with Crippen molar-refractivity contribution in [2.45, 2.75) is 13.3 Å². The molecule has 0 saturated carbocycles. The number of Topliss-reactive ketones (excluding diaryl/α,β-unsaturated/α-hetero) is 1. The highest BCUT2D eigenvalue weighted by Crippen LogP contribution is 2.11. The number of morpholine rings is 1. The molecule has 19 heavy (non-hydrogen) atoms. The monoisotopic (exact) mass is 262 g/mol. The van der Waals surface area contributed by atoms with Gasteiger partial charge in [-0.1, -0.05) is 6.92 Å². The van der Waals surface area contributed by atoms with Crippen molar-refractivity contribution in [3.05, 3.63) is 29.8 Å². The molecule has 1 fully saturated rings. The molecule has 4 nitrogen and oxygen atoms in total. The number of ether oxygens (including phenoxy) is 1. The summed E-state index contributed by atoms with van der Waals surface area (Å²) in [5, 5.41) is 3.38. The van der Waals surface area contributed by atoms with Crippen molar-refractivity contribution in [3.63, 3.8) is 0 Å². The molecular weight excluding hydrogens is 240 g/mol. The van der Waals surface area contributed by atoms with E-state index in [2.05, 4.69) is 10.2 Å². The quantitative estimate of drug-likeness (QED) is 0.796. The van der Waals surface area contributed by atoms with E-state index in [1.54, 1.807) is 0 Å². The number of hydrogen-bond donors (Lipinski definition) is 1. The van der Waals surface area contributed by atoms with Crippen LogP contribution in [-0.4, -0.2) is 50.1 Å². The number of nitrogens with zero attached hydrogens (tertiary/aromatic N) is 1. The van der Waals surface area contributed by atoms with E-state index in [0.717, 1.165) is 50.6 Å². The summed E-state index contributed by atoms with van der Waals surface area (Å²) in [5.74, 6) is 0.194. The lowest BCUT2D eigenvalue weighted by molar-refractivity contribution is 0.0398. The molecule has 0 amide bonds. The lowest BCUT2D eigenvalue weighted by Crippen LogP contribution is -2.38. The minimum absolute atomic E-state index is 0.194. The zero-order chi connectivity index (χ0) is 13.5. The molecule has 0 radical (unpaired) electrons. The van der Waals surface area contributed by atoms with Gasteiger partial charge in [0.25, 0.3) is 0 Å². The predicted molar refractivity (Wildman–Crippen MR) is 76.8 cm³/mol. The van der Waals surface area contributed by atoms with Crippen molar-refractivity contribution in [3.8, 4) is 0 Å². The van der Waals surface area contributed by atoms with E-state index in [-0.39, 0.29) is 5.78 Å². The van der Waals surface area contributed by atoms with Crippen molar-refractivity contribution < 1.29 is 9.53 Å². The molecule has 1 aromatic rings. The lowest BCUT2D eigenvalue weighted by atomic mass is 10.1. The Balaban J connectivity index is 1.75. The Hall–Kier alpha value is -1.39. The average Bonchev–Trinajstić information content (AvgIpc) is 2.48. The first kappa shape index (κ1) is 14.0. The molecule has 4 heteroatoms. The maximum Gasteiger partial charge on any atom is 0.162 e. The fourth-order valence-corrected chi connectivity index (χ4v) is 2.16. The van der Waals surface area contributed by atoms with Crippen molar-refractivity contribution in [2.75, 3.05) is 44.7 Å². The molecule has 0 aliphatic carbocycles. The smallest absolute Gasteiger partial charge is 0.162 e. The Morgan fingerprint density at radius 1 is 1.26 bits per heavy atom. The largest absolute Gasteiger partial charge is 0.384 e. The first-order valence-electron chi connectivity index (χ1n) is 6.97. The number of nitrogens with one attached hydrogen (secondary N) is 1. The van der Waals surface area contributed by atoms with Crippen LogP contribution in [0.1, 0.15) is 23.7 Å².